The molecule has 1 unspecified atom stereocenters. The smallest absolute Gasteiger partial charge is 0.317 e. The van der Waals surface area contributed by atoms with Crippen LogP contribution in [0.15, 0.2) is 10.6 Å². The Morgan fingerprint density at radius 3 is 2.71 bits per heavy atom. The number of hydrogen-bond acceptors (Lipinski definition) is 4. The Labute approximate surface area is 144 Å². The standard InChI is InChI=1S/C18H30N4O2/c1-14-12-15(24-20-14)13-21-8-10-22(11-9-21)17(23)19-16-6-4-5-7-18(16,2)3/h12,16H,4-11,13H2,1-3H3,(H,19,23). The van der Waals surface area contributed by atoms with Crippen molar-refractivity contribution in [3.8, 4) is 0 Å². The van der Waals surface area contributed by atoms with Crippen LogP contribution in [-0.2, 0) is 6.54 Å². The number of hydrogen-bond donors (Lipinski definition) is 1. The van der Waals surface area contributed by atoms with E-state index in [0.29, 0.717) is 6.04 Å². The van der Waals surface area contributed by atoms with Gasteiger partial charge < -0.3 is 14.7 Å². The van der Waals surface area contributed by atoms with Crippen LogP contribution in [0, 0.1) is 12.3 Å². The maximum Gasteiger partial charge on any atom is 0.317 e. The molecule has 2 amide bonds. The molecular formula is C18H30N4O2. The van der Waals surface area contributed by atoms with Crippen LogP contribution in [0.4, 0.5) is 4.79 Å². The lowest BCUT2D eigenvalue weighted by atomic mass is 9.73. The van der Waals surface area contributed by atoms with Crippen LogP contribution < -0.4 is 5.32 Å². The summed E-state index contributed by atoms with van der Waals surface area (Å²) in [6.45, 7) is 10.5. The summed E-state index contributed by atoms with van der Waals surface area (Å²) in [5, 5.41) is 7.21. The fourth-order valence-corrected chi connectivity index (χ4v) is 3.82. The molecule has 1 atom stereocenters. The normalized spacial score (nSPS) is 24.8. The minimum atomic E-state index is 0.102. The number of aryl methyl sites for hydroxylation is 1. The van der Waals surface area contributed by atoms with E-state index in [1.54, 1.807) is 0 Å². The van der Waals surface area contributed by atoms with Crippen LogP contribution in [-0.4, -0.2) is 53.2 Å². The highest BCUT2D eigenvalue weighted by atomic mass is 16.5. The second kappa shape index (κ2) is 7.13. The first-order valence-electron chi connectivity index (χ1n) is 9.14. The summed E-state index contributed by atoms with van der Waals surface area (Å²) in [4.78, 5) is 16.9. The summed E-state index contributed by atoms with van der Waals surface area (Å²) in [6.07, 6.45) is 4.80. The molecule has 2 heterocycles. The van der Waals surface area contributed by atoms with Gasteiger partial charge in [0.2, 0.25) is 0 Å². The zero-order valence-corrected chi connectivity index (χ0v) is 15.2. The average Bonchev–Trinajstić information content (AvgIpc) is 2.95. The third-order valence-corrected chi connectivity index (χ3v) is 5.52. The number of carbonyl (C=O) groups is 1. The third-order valence-electron chi connectivity index (χ3n) is 5.52. The van der Waals surface area contributed by atoms with Crippen LogP contribution in [0.2, 0.25) is 0 Å². The molecule has 1 aromatic rings. The maximum absolute atomic E-state index is 12.6. The highest BCUT2D eigenvalue weighted by molar-refractivity contribution is 5.74. The molecule has 134 valence electrons. The van der Waals surface area contributed by atoms with E-state index in [-0.39, 0.29) is 11.4 Å². The summed E-state index contributed by atoms with van der Waals surface area (Å²) in [5.41, 5.74) is 1.12. The maximum atomic E-state index is 12.6. The van der Waals surface area contributed by atoms with Crippen molar-refractivity contribution < 1.29 is 9.32 Å². The zero-order chi connectivity index (χ0) is 17.2. The fraction of sp³-hybridized carbons (Fsp3) is 0.778. The molecule has 2 aliphatic rings. The minimum Gasteiger partial charge on any atom is -0.360 e. The van der Waals surface area contributed by atoms with E-state index >= 15 is 0 Å². The molecule has 0 bridgehead atoms. The van der Waals surface area contributed by atoms with E-state index in [1.807, 2.05) is 17.9 Å². The van der Waals surface area contributed by atoms with Crippen molar-refractivity contribution in [2.45, 2.75) is 59.0 Å². The van der Waals surface area contributed by atoms with Crippen LogP contribution in [0.25, 0.3) is 0 Å². The van der Waals surface area contributed by atoms with Gasteiger partial charge in [0, 0.05) is 38.3 Å². The molecule has 1 aliphatic carbocycles. The molecule has 2 fully saturated rings. The van der Waals surface area contributed by atoms with E-state index in [0.717, 1.165) is 50.6 Å². The highest BCUT2D eigenvalue weighted by Gasteiger charge is 2.34. The molecule has 1 aliphatic heterocycles. The van der Waals surface area contributed by atoms with Crippen molar-refractivity contribution in [2.75, 3.05) is 26.2 Å². The largest absolute Gasteiger partial charge is 0.360 e. The molecule has 0 spiro atoms. The predicted octanol–water partition coefficient (Wildman–Crippen LogP) is 2.78. The Kier molecular flexibility index (Phi) is 5.13. The van der Waals surface area contributed by atoms with Gasteiger partial charge in [-0.1, -0.05) is 31.8 Å². The number of piperazine rings is 1. The lowest BCUT2D eigenvalue weighted by Crippen LogP contribution is -2.56. The van der Waals surface area contributed by atoms with Crippen molar-refractivity contribution in [1.82, 2.24) is 20.3 Å². The van der Waals surface area contributed by atoms with Crippen LogP contribution >= 0.6 is 0 Å². The first-order valence-corrected chi connectivity index (χ1v) is 9.14. The topological polar surface area (TPSA) is 61.6 Å². The second-order valence-corrected chi connectivity index (χ2v) is 7.93. The third kappa shape index (κ3) is 4.09. The second-order valence-electron chi connectivity index (χ2n) is 7.93. The van der Waals surface area contributed by atoms with Gasteiger partial charge >= 0.3 is 6.03 Å². The first kappa shape index (κ1) is 17.3. The van der Waals surface area contributed by atoms with Crippen molar-refractivity contribution >= 4 is 6.03 Å². The van der Waals surface area contributed by atoms with E-state index in [2.05, 4.69) is 29.2 Å². The molecule has 6 heteroatoms. The summed E-state index contributed by atoms with van der Waals surface area (Å²) in [7, 11) is 0. The monoisotopic (exact) mass is 334 g/mol. The van der Waals surface area contributed by atoms with Gasteiger partial charge in [-0.05, 0) is 25.2 Å². The molecule has 1 aromatic heterocycles. The molecule has 1 saturated carbocycles. The van der Waals surface area contributed by atoms with Gasteiger partial charge in [-0.2, -0.15) is 0 Å². The summed E-state index contributed by atoms with van der Waals surface area (Å²) < 4.78 is 5.28. The SMILES string of the molecule is Cc1cc(CN2CCN(C(=O)NC3CCCCC3(C)C)CC2)on1. The van der Waals surface area contributed by atoms with Gasteiger partial charge in [-0.15, -0.1) is 0 Å². The van der Waals surface area contributed by atoms with Gasteiger partial charge in [0.15, 0.2) is 5.76 Å². The molecular weight excluding hydrogens is 304 g/mol. The van der Waals surface area contributed by atoms with Gasteiger partial charge in [-0.3, -0.25) is 4.90 Å². The van der Waals surface area contributed by atoms with Crippen molar-refractivity contribution in [3.05, 3.63) is 17.5 Å². The first-order chi connectivity index (χ1) is 11.4. The van der Waals surface area contributed by atoms with E-state index in [1.165, 1.54) is 19.3 Å². The van der Waals surface area contributed by atoms with Crippen molar-refractivity contribution in [3.63, 3.8) is 0 Å². The van der Waals surface area contributed by atoms with Crippen molar-refractivity contribution in [2.24, 2.45) is 5.41 Å². The highest BCUT2D eigenvalue weighted by Crippen LogP contribution is 2.35. The zero-order valence-electron chi connectivity index (χ0n) is 15.2. The summed E-state index contributed by atoms with van der Waals surface area (Å²) in [6, 6.07) is 2.38. The van der Waals surface area contributed by atoms with Crippen LogP contribution in [0.5, 0.6) is 0 Å². The lowest BCUT2D eigenvalue weighted by Gasteiger charge is -2.41. The molecule has 0 radical (unpaired) electrons. The molecule has 3 rings (SSSR count). The summed E-state index contributed by atoms with van der Waals surface area (Å²) in [5.74, 6) is 0.898. The Morgan fingerprint density at radius 1 is 1.33 bits per heavy atom. The number of carbonyl (C=O) groups excluding carboxylic acids is 1. The predicted molar refractivity (Wildman–Crippen MR) is 92.7 cm³/mol. The molecule has 24 heavy (non-hydrogen) atoms. The number of aromatic nitrogens is 1. The number of nitrogens with zero attached hydrogens (tertiary/aromatic N) is 3. The molecule has 0 aromatic carbocycles. The summed E-state index contributed by atoms with van der Waals surface area (Å²) >= 11 is 0. The Morgan fingerprint density at radius 2 is 2.08 bits per heavy atom. The van der Waals surface area contributed by atoms with Crippen molar-refractivity contribution in [1.29, 1.82) is 0 Å². The van der Waals surface area contributed by atoms with Gasteiger partial charge in [0.25, 0.3) is 0 Å². The molecule has 1 saturated heterocycles. The number of rotatable bonds is 3. The minimum absolute atomic E-state index is 0.102. The lowest BCUT2D eigenvalue weighted by molar-refractivity contribution is 0.113. The van der Waals surface area contributed by atoms with E-state index in [4.69, 9.17) is 4.52 Å². The van der Waals surface area contributed by atoms with Gasteiger partial charge in [-0.25, -0.2) is 4.79 Å². The van der Waals surface area contributed by atoms with E-state index in [9.17, 15) is 4.79 Å². The Balaban J connectivity index is 1.46. The van der Waals surface area contributed by atoms with Gasteiger partial charge in [0.05, 0.1) is 12.2 Å². The Bertz CT molecular complexity index is 561. The molecule has 6 nitrogen and oxygen atoms in total. The molecule has 1 N–H and O–H groups in total. The van der Waals surface area contributed by atoms with Crippen LogP contribution in [0.3, 0.4) is 0 Å². The van der Waals surface area contributed by atoms with Gasteiger partial charge in [0.1, 0.15) is 0 Å². The number of nitrogens with one attached hydrogen (secondary N) is 1. The Hall–Kier alpha value is -1.56. The quantitative estimate of drug-likeness (QED) is 0.923. The van der Waals surface area contributed by atoms with E-state index < -0.39 is 0 Å². The van der Waals surface area contributed by atoms with Crippen LogP contribution in [0.1, 0.15) is 51.0 Å². The number of urea groups is 1. The number of amides is 2. The average molecular weight is 334 g/mol. The fourth-order valence-electron chi connectivity index (χ4n) is 3.82.